The lowest BCUT2D eigenvalue weighted by Gasteiger charge is -2.25. The molecule has 0 spiro atoms. The normalized spacial score (nSPS) is 23.8. The highest BCUT2D eigenvalue weighted by atomic mass is 16.7. The van der Waals surface area contributed by atoms with Crippen LogP contribution in [0.15, 0.2) is 0 Å². The Bertz CT molecular complexity index is 223. The van der Waals surface area contributed by atoms with Crippen LogP contribution in [0.25, 0.3) is 0 Å². The second-order valence-electron chi connectivity index (χ2n) is 5.01. The number of hydrogen-bond acceptors (Lipinski definition) is 2. The lowest BCUT2D eigenvalue weighted by atomic mass is 9.51. The highest BCUT2D eigenvalue weighted by molar-refractivity contribution is 6.41. The van der Waals surface area contributed by atoms with Gasteiger partial charge >= 0.3 is 0 Å². The summed E-state index contributed by atoms with van der Waals surface area (Å²) >= 11 is 0. The standard InChI is InChI=1S/C12H21BNO2/c15-12(10-8-13-9-10)14-16-11-6-4-2-1-3-5-7-11/h10-11H,1-9H2,(H,14,15). The molecule has 1 aliphatic heterocycles. The number of amides is 1. The quantitative estimate of drug-likeness (QED) is 0.587. The number of nitrogens with one attached hydrogen (secondary N) is 1. The van der Waals surface area contributed by atoms with E-state index in [1.807, 2.05) is 0 Å². The summed E-state index contributed by atoms with van der Waals surface area (Å²) in [6, 6.07) is 0. The van der Waals surface area contributed by atoms with E-state index in [-0.39, 0.29) is 17.9 Å². The molecule has 1 amide bonds. The van der Waals surface area contributed by atoms with Crippen LogP contribution in [0.2, 0.25) is 12.6 Å². The van der Waals surface area contributed by atoms with Gasteiger partial charge in [-0.05, 0) is 12.8 Å². The van der Waals surface area contributed by atoms with Gasteiger partial charge in [-0.15, -0.1) is 0 Å². The third-order valence-electron chi connectivity index (χ3n) is 3.65. The van der Waals surface area contributed by atoms with Crippen LogP contribution in [0.3, 0.4) is 0 Å². The molecule has 0 bridgehead atoms. The van der Waals surface area contributed by atoms with Crippen LogP contribution in [0, 0.1) is 5.92 Å². The van der Waals surface area contributed by atoms with Crippen LogP contribution in [0.5, 0.6) is 0 Å². The van der Waals surface area contributed by atoms with Crippen molar-refractivity contribution in [3.63, 3.8) is 0 Å². The van der Waals surface area contributed by atoms with Gasteiger partial charge in [0.2, 0.25) is 5.91 Å². The molecule has 1 saturated heterocycles. The molecular formula is C12H21BNO2. The van der Waals surface area contributed by atoms with Crippen molar-refractivity contribution in [2.24, 2.45) is 5.92 Å². The van der Waals surface area contributed by atoms with Crippen LogP contribution in [0.1, 0.15) is 44.9 Å². The first-order valence-corrected chi connectivity index (χ1v) is 6.63. The lowest BCUT2D eigenvalue weighted by molar-refractivity contribution is -0.143. The Balaban J connectivity index is 1.64. The Hall–Kier alpha value is -0.505. The van der Waals surface area contributed by atoms with Gasteiger partial charge < -0.3 is 0 Å². The molecule has 0 unspecified atom stereocenters. The van der Waals surface area contributed by atoms with E-state index < -0.39 is 0 Å². The monoisotopic (exact) mass is 222 g/mol. The zero-order valence-electron chi connectivity index (χ0n) is 9.91. The van der Waals surface area contributed by atoms with Crippen LogP contribution >= 0.6 is 0 Å². The molecule has 1 radical (unpaired) electrons. The average Bonchev–Trinajstić information content (AvgIpc) is 2.13. The fourth-order valence-corrected chi connectivity index (χ4v) is 2.31. The van der Waals surface area contributed by atoms with E-state index in [4.69, 9.17) is 4.84 Å². The molecule has 0 atom stereocenters. The second-order valence-corrected chi connectivity index (χ2v) is 5.01. The summed E-state index contributed by atoms with van der Waals surface area (Å²) in [6.07, 6.45) is 10.7. The first-order valence-electron chi connectivity index (χ1n) is 6.63. The van der Waals surface area contributed by atoms with Crippen molar-refractivity contribution in [2.45, 2.75) is 63.7 Å². The van der Waals surface area contributed by atoms with E-state index in [0.29, 0.717) is 0 Å². The van der Waals surface area contributed by atoms with Gasteiger partial charge in [0.1, 0.15) is 7.28 Å². The Labute approximate surface area is 98.5 Å². The average molecular weight is 222 g/mol. The smallest absolute Gasteiger partial charge is 0.245 e. The molecule has 1 N–H and O–H groups in total. The SMILES string of the molecule is O=C(NOC1CCCCCCC1)C1C[B]C1. The topological polar surface area (TPSA) is 38.3 Å². The van der Waals surface area contributed by atoms with Crippen LogP contribution in [0.4, 0.5) is 0 Å². The van der Waals surface area contributed by atoms with E-state index in [1.54, 1.807) is 0 Å². The summed E-state index contributed by atoms with van der Waals surface area (Å²) < 4.78 is 0. The third-order valence-corrected chi connectivity index (χ3v) is 3.65. The van der Waals surface area contributed by atoms with Gasteiger partial charge in [0.15, 0.2) is 0 Å². The molecule has 1 heterocycles. The molecule has 1 saturated carbocycles. The van der Waals surface area contributed by atoms with Crippen molar-refractivity contribution < 1.29 is 9.63 Å². The van der Waals surface area contributed by atoms with Crippen LogP contribution < -0.4 is 5.48 Å². The maximum absolute atomic E-state index is 11.6. The predicted molar refractivity (Wildman–Crippen MR) is 64.2 cm³/mol. The number of carbonyl (C=O) groups excluding carboxylic acids is 1. The third kappa shape index (κ3) is 3.51. The molecule has 2 rings (SSSR count). The Morgan fingerprint density at radius 1 is 1.06 bits per heavy atom. The number of hydrogen-bond donors (Lipinski definition) is 1. The highest BCUT2D eigenvalue weighted by Gasteiger charge is 2.26. The van der Waals surface area contributed by atoms with Crippen molar-refractivity contribution in [3.05, 3.63) is 0 Å². The van der Waals surface area contributed by atoms with Crippen molar-refractivity contribution in [2.75, 3.05) is 0 Å². The van der Waals surface area contributed by atoms with Crippen LogP contribution in [-0.2, 0) is 9.63 Å². The molecule has 4 heteroatoms. The van der Waals surface area contributed by atoms with Crippen LogP contribution in [-0.4, -0.2) is 19.3 Å². The molecule has 2 fully saturated rings. The van der Waals surface area contributed by atoms with E-state index in [9.17, 15) is 4.79 Å². The fraction of sp³-hybridized carbons (Fsp3) is 0.917. The minimum Gasteiger partial charge on any atom is -0.273 e. The maximum Gasteiger partial charge on any atom is 0.245 e. The molecule has 0 aromatic heterocycles. The van der Waals surface area contributed by atoms with E-state index >= 15 is 0 Å². The molecule has 1 aliphatic carbocycles. The fourth-order valence-electron chi connectivity index (χ4n) is 2.31. The summed E-state index contributed by atoms with van der Waals surface area (Å²) in [4.78, 5) is 17.1. The summed E-state index contributed by atoms with van der Waals surface area (Å²) in [6.45, 7) is 0. The predicted octanol–water partition coefficient (Wildman–Crippen LogP) is 2.32. The second kappa shape index (κ2) is 6.28. The largest absolute Gasteiger partial charge is 0.273 e. The van der Waals surface area contributed by atoms with Gasteiger partial charge in [-0.2, -0.15) is 0 Å². The highest BCUT2D eigenvalue weighted by Crippen LogP contribution is 2.22. The first-order chi connectivity index (χ1) is 7.86. The minimum atomic E-state index is 0.0737. The van der Waals surface area contributed by atoms with Crippen molar-refractivity contribution in [1.29, 1.82) is 0 Å². The number of hydroxylamine groups is 1. The van der Waals surface area contributed by atoms with Gasteiger partial charge in [-0.3, -0.25) is 9.63 Å². The first kappa shape index (κ1) is 12.0. The van der Waals surface area contributed by atoms with Crippen molar-refractivity contribution in [3.8, 4) is 0 Å². The molecule has 0 aromatic carbocycles. The van der Waals surface area contributed by atoms with Gasteiger partial charge in [0, 0.05) is 5.92 Å². The van der Waals surface area contributed by atoms with Crippen molar-refractivity contribution >= 4 is 13.2 Å². The Morgan fingerprint density at radius 2 is 1.69 bits per heavy atom. The number of rotatable bonds is 3. The summed E-state index contributed by atoms with van der Waals surface area (Å²) in [7, 11) is 2.14. The molecular weight excluding hydrogens is 201 g/mol. The molecule has 16 heavy (non-hydrogen) atoms. The summed E-state index contributed by atoms with van der Waals surface area (Å²) in [5.74, 6) is 0.248. The van der Waals surface area contributed by atoms with Gasteiger partial charge in [0.05, 0.1) is 6.10 Å². The summed E-state index contributed by atoms with van der Waals surface area (Å²) in [5, 5.41) is 0. The Morgan fingerprint density at radius 3 is 2.25 bits per heavy atom. The minimum absolute atomic E-state index is 0.0737. The molecule has 2 aliphatic rings. The maximum atomic E-state index is 11.6. The van der Waals surface area contributed by atoms with Crippen molar-refractivity contribution in [1.82, 2.24) is 5.48 Å². The zero-order valence-corrected chi connectivity index (χ0v) is 9.91. The zero-order chi connectivity index (χ0) is 11.2. The van der Waals surface area contributed by atoms with Gasteiger partial charge in [0.25, 0.3) is 0 Å². The van der Waals surface area contributed by atoms with E-state index in [2.05, 4.69) is 12.8 Å². The molecule has 3 nitrogen and oxygen atoms in total. The molecule has 0 aromatic rings. The van der Waals surface area contributed by atoms with E-state index in [1.165, 1.54) is 32.1 Å². The molecule has 89 valence electrons. The lowest BCUT2D eigenvalue weighted by Crippen LogP contribution is -2.38. The van der Waals surface area contributed by atoms with Gasteiger partial charge in [-0.1, -0.05) is 44.7 Å². The van der Waals surface area contributed by atoms with E-state index in [0.717, 1.165) is 25.5 Å². The van der Waals surface area contributed by atoms with Gasteiger partial charge in [-0.25, -0.2) is 5.48 Å². The number of carbonyl (C=O) groups is 1. The Kier molecular flexibility index (Phi) is 4.70. The summed E-state index contributed by atoms with van der Waals surface area (Å²) in [5.41, 5.74) is 2.64.